The average Bonchev–Trinajstić information content (AvgIpc) is 2.94. The monoisotopic (exact) mass is 321 g/mol. The summed E-state index contributed by atoms with van der Waals surface area (Å²) < 4.78 is 18.7. The van der Waals surface area contributed by atoms with Gasteiger partial charge in [0.15, 0.2) is 5.82 Å². The summed E-state index contributed by atoms with van der Waals surface area (Å²) in [7, 11) is 0. The number of carbonyl (C=O) groups is 1. The van der Waals surface area contributed by atoms with E-state index in [1.165, 1.54) is 18.2 Å². The molecule has 0 aliphatic rings. The Balaban J connectivity index is 1.88. The van der Waals surface area contributed by atoms with Crippen LogP contribution in [0.3, 0.4) is 0 Å². The van der Waals surface area contributed by atoms with Gasteiger partial charge in [-0.25, -0.2) is 9.18 Å². The summed E-state index contributed by atoms with van der Waals surface area (Å²) in [4.78, 5) is 11.8. The first-order valence-electron chi connectivity index (χ1n) is 7.22. The zero-order chi connectivity index (χ0) is 17.0. The first-order valence-corrected chi connectivity index (χ1v) is 7.22. The summed E-state index contributed by atoms with van der Waals surface area (Å²) in [5, 5.41) is 18.6. The van der Waals surface area contributed by atoms with E-state index in [2.05, 4.69) is 15.8 Å². The number of urea groups is 1. The molecular weight excluding hydrogens is 301 g/mol. The number of hydrogen-bond acceptors (Lipinski definition) is 4. The quantitative estimate of drug-likeness (QED) is 0.808. The van der Waals surface area contributed by atoms with Crippen LogP contribution in [0.2, 0.25) is 0 Å². The van der Waals surface area contributed by atoms with Gasteiger partial charge in [0.25, 0.3) is 0 Å². The van der Waals surface area contributed by atoms with Gasteiger partial charge < -0.3 is 14.9 Å². The molecule has 1 aromatic carbocycles. The van der Waals surface area contributed by atoms with E-state index in [1.54, 1.807) is 12.1 Å². The Morgan fingerprint density at radius 2 is 2.09 bits per heavy atom. The molecule has 0 saturated carbocycles. The SMILES string of the molecule is CC(C)(C)c1cc(NC(=O)NCC(O)c2ccccc2F)no1. The molecule has 124 valence electrons. The second-order valence-electron chi connectivity index (χ2n) is 6.20. The third-order valence-electron chi connectivity index (χ3n) is 3.21. The van der Waals surface area contributed by atoms with E-state index in [0.717, 1.165) is 0 Å². The third-order valence-corrected chi connectivity index (χ3v) is 3.21. The predicted molar refractivity (Wildman–Crippen MR) is 83.6 cm³/mol. The highest BCUT2D eigenvalue weighted by Gasteiger charge is 2.20. The van der Waals surface area contributed by atoms with Crippen LogP contribution in [0.25, 0.3) is 0 Å². The van der Waals surface area contributed by atoms with Crippen LogP contribution in [0.1, 0.15) is 38.2 Å². The van der Waals surface area contributed by atoms with Crippen LogP contribution in [-0.4, -0.2) is 22.8 Å². The van der Waals surface area contributed by atoms with Gasteiger partial charge in [-0.2, -0.15) is 0 Å². The zero-order valence-corrected chi connectivity index (χ0v) is 13.3. The van der Waals surface area contributed by atoms with E-state index in [-0.39, 0.29) is 23.3 Å². The van der Waals surface area contributed by atoms with Gasteiger partial charge >= 0.3 is 6.03 Å². The summed E-state index contributed by atoms with van der Waals surface area (Å²) >= 11 is 0. The number of amides is 2. The number of nitrogens with zero attached hydrogens (tertiary/aromatic N) is 1. The summed E-state index contributed by atoms with van der Waals surface area (Å²) in [6, 6.07) is 6.93. The Bertz CT molecular complexity index is 679. The van der Waals surface area contributed by atoms with E-state index in [4.69, 9.17) is 4.52 Å². The molecule has 0 radical (unpaired) electrons. The lowest BCUT2D eigenvalue weighted by Crippen LogP contribution is -2.32. The van der Waals surface area contributed by atoms with E-state index in [1.807, 2.05) is 20.8 Å². The van der Waals surface area contributed by atoms with Gasteiger partial charge in [-0.3, -0.25) is 5.32 Å². The molecule has 23 heavy (non-hydrogen) atoms. The lowest BCUT2D eigenvalue weighted by molar-refractivity contribution is 0.170. The molecule has 1 atom stereocenters. The molecule has 0 fully saturated rings. The molecule has 0 spiro atoms. The van der Waals surface area contributed by atoms with Crippen molar-refractivity contribution < 1.29 is 18.8 Å². The zero-order valence-electron chi connectivity index (χ0n) is 13.3. The smallest absolute Gasteiger partial charge is 0.320 e. The van der Waals surface area contributed by atoms with Crippen LogP contribution in [-0.2, 0) is 5.41 Å². The average molecular weight is 321 g/mol. The normalized spacial score (nSPS) is 12.7. The lowest BCUT2D eigenvalue weighted by Gasteiger charge is -2.13. The Hall–Kier alpha value is -2.41. The van der Waals surface area contributed by atoms with Crippen molar-refractivity contribution >= 4 is 11.8 Å². The Kier molecular flexibility index (Phi) is 5.00. The van der Waals surface area contributed by atoms with Crippen molar-refractivity contribution in [1.29, 1.82) is 0 Å². The fraction of sp³-hybridized carbons (Fsp3) is 0.375. The number of hydrogen-bond donors (Lipinski definition) is 3. The predicted octanol–water partition coefficient (Wildman–Crippen LogP) is 2.97. The third kappa shape index (κ3) is 4.53. The fourth-order valence-electron chi connectivity index (χ4n) is 1.89. The van der Waals surface area contributed by atoms with E-state index in [0.29, 0.717) is 5.76 Å². The second kappa shape index (κ2) is 6.78. The summed E-state index contributed by atoms with van der Waals surface area (Å²) in [6.07, 6.45) is -1.13. The van der Waals surface area contributed by atoms with Crippen molar-refractivity contribution in [3.8, 4) is 0 Å². The van der Waals surface area contributed by atoms with Gasteiger partial charge in [0.05, 0.1) is 6.10 Å². The maximum atomic E-state index is 13.5. The van der Waals surface area contributed by atoms with E-state index >= 15 is 0 Å². The number of anilines is 1. The molecule has 6 nitrogen and oxygen atoms in total. The van der Waals surface area contributed by atoms with Crippen LogP contribution in [0.5, 0.6) is 0 Å². The standard InChI is InChI=1S/C16H20FN3O3/c1-16(2,3)13-8-14(20-23-13)19-15(22)18-9-12(21)10-6-4-5-7-11(10)17/h4-8,12,21H,9H2,1-3H3,(H2,18,19,20,22). The lowest BCUT2D eigenvalue weighted by atomic mass is 9.93. The molecule has 3 N–H and O–H groups in total. The molecule has 2 aromatic rings. The largest absolute Gasteiger partial charge is 0.386 e. The molecule has 0 bridgehead atoms. The minimum absolute atomic E-state index is 0.128. The van der Waals surface area contributed by atoms with Crippen molar-refractivity contribution in [2.45, 2.75) is 32.3 Å². The van der Waals surface area contributed by atoms with Crippen molar-refractivity contribution in [1.82, 2.24) is 10.5 Å². The van der Waals surface area contributed by atoms with E-state index < -0.39 is 18.0 Å². The number of aliphatic hydroxyl groups is 1. The molecule has 0 aliphatic heterocycles. The molecule has 2 rings (SSSR count). The number of benzene rings is 1. The molecule has 1 unspecified atom stereocenters. The number of carbonyl (C=O) groups excluding carboxylic acids is 1. The number of rotatable bonds is 4. The van der Waals surface area contributed by atoms with Gasteiger partial charge in [0, 0.05) is 23.6 Å². The van der Waals surface area contributed by atoms with Gasteiger partial charge in [-0.05, 0) is 6.07 Å². The molecule has 0 saturated heterocycles. The molecule has 2 amide bonds. The van der Waals surface area contributed by atoms with Gasteiger partial charge in [0.1, 0.15) is 11.6 Å². The number of nitrogens with one attached hydrogen (secondary N) is 2. The van der Waals surface area contributed by atoms with Gasteiger partial charge in [-0.15, -0.1) is 0 Å². The molecular formula is C16H20FN3O3. The Morgan fingerprint density at radius 1 is 1.39 bits per heavy atom. The molecule has 7 heteroatoms. The first kappa shape index (κ1) is 17.0. The van der Waals surface area contributed by atoms with Crippen molar-refractivity contribution in [3.63, 3.8) is 0 Å². The number of aliphatic hydroxyl groups excluding tert-OH is 1. The van der Waals surface area contributed by atoms with Crippen LogP contribution in [0.15, 0.2) is 34.9 Å². The second-order valence-corrected chi connectivity index (χ2v) is 6.20. The topological polar surface area (TPSA) is 87.4 Å². The van der Waals surface area contributed by atoms with E-state index in [9.17, 15) is 14.3 Å². The van der Waals surface area contributed by atoms with Gasteiger partial charge in [0.2, 0.25) is 0 Å². The maximum absolute atomic E-state index is 13.5. The highest BCUT2D eigenvalue weighted by Crippen LogP contribution is 2.24. The first-order chi connectivity index (χ1) is 10.8. The minimum Gasteiger partial charge on any atom is -0.386 e. The highest BCUT2D eigenvalue weighted by molar-refractivity contribution is 5.88. The fourth-order valence-corrected chi connectivity index (χ4v) is 1.89. The Labute approximate surface area is 133 Å². The molecule has 0 aliphatic carbocycles. The van der Waals surface area contributed by atoms with Crippen LogP contribution >= 0.6 is 0 Å². The Morgan fingerprint density at radius 3 is 2.70 bits per heavy atom. The van der Waals surface area contributed by atoms with Crippen molar-refractivity contribution in [2.75, 3.05) is 11.9 Å². The van der Waals surface area contributed by atoms with Crippen molar-refractivity contribution in [3.05, 3.63) is 47.5 Å². The molecule has 1 heterocycles. The number of aromatic nitrogens is 1. The summed E-state index contributed by atoms with van der Waals surface area (Å²) in [5.74, 6) is 0.389. The molecule has 1 aromatic heterocycles. The number of halogens is 1. The van der Waals surface area contributed by atoms with Crippen LogP contribution < -0.4 is 10.6 Å². The van der Waals surface area contributed by atoms with Gasteiger partial charge in [-0.1, -0.05) is 44.1 Å². The van der Waals surface area contributed by atoms with Crippen LogP contribution in [0.4, 0.5) is 15.0 Å². The summed E-state index contributed by atoms with van der Waals surface area (Å²) in [5.41, 5.74) is -0.0889. The van der Waals surface area contributed by atoms with Crippen LogP contribution in [0, 0.1) is 5.82 Å². The highest BCUT2D eigenvalue weighted by atomic mass is 19.1. The summed E-state index contributed by atoms with van der Waals surface area (Å²) in [6.45, 7) is 5.75. The van der Waals surface area contributed by atoms with Crippen molar-refractivity contribution in [2.24, 2.45) is 0 Å². The minimum atomic E-state index is -1.13. The maximum Gasteiger partial charge on any atom is 0.320 e.